The number of nitrogen functional groups attached to an aromatic ring is 1. The average molecular weight is 336 g/mol. The third-order valence-corrected chi connectivity index (χ3v) is 3.96. The van der Waals surface area contributed by atoms with E-state index in [2.05, 4.69) is 15.5 Å². The summed E-state index contributed by atoms with van der Waals surface area (Å²) in [5, 5.41) is 21.6. The molecule has 6 heteroatoms. The van der Waals surface area contributed by atoms with Crippen LogP contribution in [0.5, 0.6) is 5.75 Å². The Balaban J connectivity index is 2.14. The molecule has 3 rings (SSSR count). The number of fused-ring (bicyclic) bond motifs is 1. The van der Waals surface area contributed by atoms with Gasteiger partial charge in [-0.05, 0) is 36.6 Å². The Labute approximate surface area is 145 Å². The monoisotopic (exact) mass is 336 g/mol. The van der Waals surface area contributed by atoms with Crippen molar-refractivity contribution in [2.75, 3.05) is 12.3 Å². The standard InChI is InChI=1S/C19H20N4O2/c1-3-7-21-19(25)18-16(20)15-6-4-5-14(17(15)22-23-18)12-8-11(2)9-13(24)10-12/h4-6,8-10,24H,3,7H2,1-2H3,(H2,20,22)(H,21,25). The van der Waals surface area contributed by atoms with E-state index in [4.69, 9.17) is 5.73 Å². The molecule has 0 aliphatic carbocycles. The Hall–Kier alpha value is -3.15. The molecule has 0 spiro atoms. The average Bonchev–Trinajstić information content (AvgIpc) is 2.59. The maximum atomic E-state index is 12.2. The molecule has 1 aromatic heterocycles. The molecular weight excluding hydrogens is 316 g/mol. The lowest BCUT2D eigenvalue weighted by atomic mass is 9.99. The number of amides is 1. The molecule has 2 aromatic carbocycles. The molecule has 0 aliphatic rings. The van der Waals surface area contributed by atoms with Crippen molar-refractivity contribution in [1.29, 1.82) is 0 Å². The van der Waals surface area contributed by atoms with Gasteiger partial charge in [-0.15, -0.1) is 10.2 Å². The van der Waals surface area contributed by atoms with Crippen LogP contribution in [0.15, 0.2) is 36.4 Å². The minimum absolute atomic E-state index is 0.130. The summed E-state index contributed by atoms with van der Waals surface area (Å²) < 4.78 is 0. The zero-order valence-corrected chi connectivity index (χ0v) is 14.2. The van der Waals surface area contributed by atoms with E-state index in [1.54, 1.807) is 12.1 Å². The molecule has 0 fully saturated rings. The van der Waals surface area contributed by atoms with Crippen LogP contribution in [0.2, 0.25) is 0 Å². The zero-order chi connectivity index (χ0) is 18.0. The summed E-state index contributed by atoms with van der Waals surface area (Å²) >= 11 is 0. The second-order valence-electron chi connectivity index (χ2n) is 5.98. The van der Waals surface area contributed by atoms with E-state index in [1.165, 1.54) is 0 Å². The third kappa shape index (κ3) is 3.24. The number of rotatable bonds is 4. The van der Waals surface area contributed by atoms with Gasteiger partial charge in [0.15, 0.2) is 5.69 Å². The molecule has 0 atom stereocenters. The number of phenolic OH excluding ortho intramolecular Hbond substituents is 1. The maximum absolute atomic E-state index is 12.2. The van der Waals surface area contributed by atoms with Crippen molar-refractivity contribution in [3.63, 3.8) is 0 Å². The number of hydrogen-bond acceptors (Lipinski definition) is 5. The fourth-order valence-electron chi connectivity index (χ4n) is 2.79. The highest BCUT2D eigenvalue weighted by Crippen LogP contribution is 2.32. The fraction of sp³-hybridized carbons (Fsp3) is 0.211. The quantitative estimate of drug-likeness (QED) is 0.680. The smallest absolute Gasteiger partial charge is 0.273 e. The van der Waals surface area contributed by atoms with Gasteiger partial charge in [-0.25, -0.2) is 0 Å². The zero-order valence-electron chi connectivity index (χ0n) is 14.2. The van der Waals surface area contributed by atoms with Crippen molar-refractivity contribution < 1.29 is 9.90 Å². The number of aromatic hydroxyl groups is 1. The summed E-state index contributed by atoms with van der Waals surface area (Å²) in [5.74, 6) is -0.143. The second-order valence-corrected chi connectivity index (χ2v) is 5.98. The summed E-state index contributed by atoms with van der Waals surface area (Å²) in [6, 6.07) is 10.9. The molecule has 4 N–H and O–H groups in total. The Morgan fingerprint density at radius 2 is 2.04 bits per heavy atom. The summed E-state index contributed by atoms with van der Waals surface area (Å²) in [7, 11) is 0. The summed E-state index contributed by atoms with van der Waals surface area (Å²) in [5.41, 5.74) is 9.77. The number of nitrogens with zero attached hydrogens (tertiary/aromatic N) is 2. The topological polar surface area (TPSA) is 101 Å². The lowest BCUT2D eigenvalue weighted by Gasteiger charge is -2.11. The number of benzene rings is 2. The van der Waals surface area contributed by atoms with Crippen LogP contribution in [0.3, 0.4) is 0 Å². The summed E-state index contributed by atoms with van der Waals surface area (Å²) in [4.78, 5) is 12.2. The van der Waals surface area contributed by atoms with Crippen LogP contribution in [-0.2, 0) is 0 Å². The van der Waals surface area contributed by atoms with E-state index in [0.717, 1.165) is 23.1 Å². The van der Waals surface area contributed by atoms with Gasteiger partial charge in [-0.2, -0.15) is 0 Å². The van der Waals surface area contributed by atoms with Gasteiger partial charge in [-0.1, -0.05) is 31.2 Å². The molecule has 25 heavy (non-hydrogen) atoms. The van der Waals surface area contributed by atoms with Crippen molar-refractivity contribution >= 4 is 22.5 Å². The first-order valence-electron chi connectivity index (χ1n) is 8.15. The van der Waals surface area contributed by atoms with Gasteiger partial charge in [0.05, 0.1) is 5.69 Å². The third-order valence-electron chi connectivity index (χ3n) is 3.96. The van der Waals surface area contributed by atoms with Gasteiger partial charge in [0.2, 0.25) is 0 Å². The Bertz CT molecular complexity index is 933. The SMILES string of the molecule is CCCNC(=O)c1nnc2c(-c3cc(C)cc(O)c3)cccc2c1N. The van der Waals surface area contributed by atoms with Crippen LogP contribution in [0.4, 0.5) is 5.69 Å². The molecule has 3 aromatic rings. The van der Waals surface area contributed by atoms with E-state index in [-0.39, 0.29) is 17.4 Å². The van der Waals surface area contributed by atoms with E-state index in [0.29, 0.717) is 23.1 Å². The molecule has 0 saturated carbocycles. The molecule has 0 bridgehead atoms. The number of aromatic nitrogens is 2. The number of anilines is 1. The van der Waals surface area contributed by atoms with Gasteiger partial charge < -0.3 is 16.2 Å². The Morgan fingerprint density at radius 3 is 2.76 bits per heavy atom. The number of nitrogens with one attached hydrogen (secondary N) is 1. The van der Waals surface area contributed by atoms with Gasteiger partial charge in [-0.3, -0.25) is 4.79 Å². The number of nitrogens with two attached hydrogens (primary N) is 1. The summed E-state index contributed by atoms with van der Waals surface area (Å²) in [6.07, 6.45) is 0.827. The van der Waals surface area contributed by atoms with E-state index < -0.39 is 0 Å². The molecule has 0 radical (unpaired) electrons. The second kappa shape index (κ2) is 6.76. The van der Waals surface area contributed by atoms with Crippen molar-refractivity contribution in [3.05, 3.63) is 47.7 Å². The van der Waals surface area contributed by atoms with Crippen molar-refractivity contribution in [2.24, 2.45) is 0 Å². The van der Waals surface area contributed by atoms with Crippen molar-refractivity contribution in [1.82, 2.24) is 15.5 Å². The largest absolute Gasteiger partial charge is 0.508 e. The van der Waals surface area contributed by atoms with Crippen LogP contribution in [-0.4, -0.2) is 27.8 Å². The normalized spacial score (nSPS) is 10.8. The molecular formula is C19H20N4O2. The van der Waals surface area contributed by atoms with E-state index in [1.807, 2.05) is 38.1 Å². The van der Waals surface area contributed by atoms with E-state index >= 15 is 0 Å². The van der Waals surface area contributed by atoms with Crippen LogP contribution in [0, 0.1) is 6.92 Å². The first-order chi connectivity index (χ1) is 12.0. The number of carbonyl (C=O) groups is 1. The lowest BCUT2D eigenvalue weighted by Crippen LogP contribution is -2.26. The molecule has 0 aliphatic heterocycles. The van der Waals surface area contributed by atoms with Gasteiger partial charge in [0.25, 0.3) is 5.91 Å². The number of carbonyl (C=O) groups excluding carboxylic acids is 1. The highest BCUT2D eigenvalue weighted by molar-refractivity contribution is 6.07. The Morgan fingerprint density at radius 1 is 1.24 bits per heavy atom. The lowest BCUT2D eigenvalue weighted by molar-refractivity contribution is 0.0949. The first-order valence-corrected chi connectivity index (χ1v) is 8.15. The predicted octanol–water partition coefficient (Wildman–Crippen LogP) is 3.03. The highest BCUT2D eigenvalue weighted by Gasteiger charge is 2.17. The van der Waals surface area contributed by atoms with Crippen LogP contribution < -0.4 is 11.1 Å². The molecule has 1 heterocycles. The van der Waals surface area contributed by atoms with Crippen molar-refractivity contribution in [3.8, 4) is 16.9 Å². The number of hydrogen-bond donors (Lipinski definition) is 3. The first kappa shape index (κ1) is 16.7. The molecule has 6 nitrogen and oxygen atoms in total. The number of aryl methyl sites for hydroxylation is 1. The van der Waals surface area contributed by atoms with Gasteiger partial charge in [0.1, 0.15) is 11.3 Å². The van der Waals surface area contributed by atoms with Crippen LogP contribution in [0.25, 0.3) is 22.0 Å². The molecule has 128 valence electrons. The minimum Gasteiger partial charge on any atom is -0.508 e. The molecule has 1 amide bonds. The minimum atomic E-state index is -0.327. The maximum Gasteiger partial charge on any atom is 0.273 e. The fourth-order valence-corrected chi connectivity index (χ4v) is 2.79. The predicted molar refractivity (Wildman–Crippen MR) is 98.4 cm³/mol. The molecule has 0 saturated heterocycles. The number of phenols is 1. The Kier molecular flexibility index (Phi) is 4.52. The van der Waals surface area contributed by atoms with Gasteiger partial charge >= 0.3 is 0 Å². The molecule has 0 unspecified atom stereocenters. The summed E-state index contributed by atoms with van der Waals surface area (Å²) in [6.45, 7) is 4.43. The highest BCUT2D eigenvalue weighted by atomic mass is 16.3. The van der Waals surface area contributed by atoms with Gasteiger partial charge in [0, 0.05) is 17.5 Å². The van der Waals surface area contributed by atoms with Crippen LogP contribution >= 0.6 is 0 Å². The van der Waals surface area contributed by atoms with E-state index in [9.17, 15) is 9.90 Å². The van der Waals surface area contributed by atoms with Crippen LogP contribution in [0.1, 0.15) is 29.4 Å². The van der Waals surface area contributed by atoms with Crippen molar-refractivity contribution in [2.45, 2.75) is 20.3 Å².